The van der Waals surface area contributed by atoms with Gasteiger partial charge in [-0.25, -0.2) is 0 Å². The molecule has 1 aromatic carbocycles. The first-order valence-electron chi connectivity index (χ1n) is 9.00. The van der Waals surface area contributed by atoms with Gasteiger partial charge < -0.3 is 9.80 Å². The molecule has 2 heterocycles. The van der Waals surface area contributed by atoms with Crippen LogP contribution < -0.4 is 0 Å². The van der Waals surface area contributed by atoms with Crippen LogP contribution in [0, 0.1) is 0 Å². The summed E-state index contributed by atoms with van der Waals surface area (Å²) in [5.41, 5.74) is 2.64. The van der Waals surface area contributed by atoms with Crippen molar-refractivity contribution in [3.8, 4) is 0 Å². The Balaban J connectivity index is 1.51. The van der Waals surface area contributed by atoms with E-state index in [2.05, 4.69) is 41.0 Å². The van der Waals surface area contributed by atoms with Gasteiger partial charge in [0.15, 0.2) is 0 Å². The summed E-state index contributed by atoms with van der Waals surface area (Å²) in [5, 5.41) is 0.222. The molecule has 1 atom stereocenters. The first kappa shape index (κ1) is 16.8. The van der Waals surface area contributed by atoms with Gasteiger partial charge in [0, 0.05) is 6.54 Å². The smallest absolute Gasteiger partial charge is 0.233 e. The van der Waals surface area contributed by atoms with Crippen LogP contribution in [0.1, 0.15) is 49.1 Å². The van der Waals surface area contributed by atoms with Crippen molar-refractivity contribution >= 4 is 17.7 Å². The maximum Gasteiger partial charge on any atom is 0.233 e. The van der Waals surface area contributed by atoms with Crippen molar-refractivity contribution in [3.63, 3.8) is 0 Å². The first-order chi connectivity index (χ1) is 11.3. The third kappa shape index (κ3) is 4.30. The van der Waals surface area contributed by atoms with Crippen LogP contribution in [0.2, 0.25) is 0 Å². The highest BCUT2D eigenvalue weighted by Gasteiger charge is 2.32. The zero-order valence-corrected chi connectivity index (χ0v) is 15.0. The van der Waals surface area contributed by atoms with Crippen LogP contribution in [0.4, 0.5) is 0 Å². The molecule has 0 aromatic heterocycles. The van der Waals surface area contributed by atoms with E-state index in [1.54, 1.807) is 11.8 Å². The number of nitrogens with zero attached hydrogens (tertiary/aromatic N) is 2. The average Bonchev–Trinajstić information content (AvgIpc) is 3.22. The minimum Gasteiger partial charge on any atom is -0.326 e. The SMILES string of the molecule is CCc1ccc(C2SCC(=O)N2CCCCN2CCCC2)cc1. The molecular weight excluding hydrogens is 304 g/mol. The van der Waals surface area contributed by atoms with E-state index in [0.29, 0.717) is 11.7 Å². The molecule has 0 saturated carbocycles. The summed E-state index contributed by atoms with van der Waals surface area (Å²) in [5.74, 6) is 0.938. The molecule has 1 amide bonds. The Bertz CT molecular complexity index is 511. The molecule has 2 aliphatic rings. The zero-order valence-electron chi connectivity index (χ0n) is 14.2. The van der Waals surface area contributed by atoms with Crippen LogP contribution in [0.25, 0.3) is 0 Å². The normalized spacial score (nSPS) is 22.2. The van der Waals surface area contributed by atoms with Crippen molar-refractivity contribution in [3.05, 3.63) is 35.4 Å². The number of carbonyl (C=O) groups is 1. The Hall–Kier alpha value is -1.00. The molecule has 0 spiro atoms. The number of benzene rings is 1. The van der Waals surface area contributed by atoms with Crippen molar-refractivity contribution in [1.29, 1.82) is 0 Å². The quantitative estimate of drug-likeness (QED) is 0.711. The lowest BCUT2D eigenvalue weighted by atomic mass is 10.1. The summed E-state index contributed by atoms with van der Waals surface area (Å²) in [6.45, 7) is 6.82. The molecule has 2 aliphatic heterocycles. The first-order valence-corrected chi connectivity index (χ1v) is 10.0. The standard InChI is InChI=1S/C19H28N2OS/c1-2-16-7-9-17(10-8-16)19-21(18(22)15-23-19)14-6-5-13-20-11-3-4-12-20/h7-10,19H,2-6,11-15H2,1H3. The fraction of sp³-hybridized carbons (Fsp3) is 0.632. The number of unbranched alkanes of at least 4 members (excludes halogenated alkanes) is 1. The molecule has 0 radical (unpaired) electrons. The molecule has 3 nitrogen and oxygen atoms in total. The molecule has 3 rings (SSSR count). The molecule has 0 aliphatic carbocycles. The van der Waals surface area contributed by atoms with E-state index in [1.165, 1.54) is 50.0 Å². The Labute approximate surface area is 144 Å². The van der Waals surface area contributed by atoms with Crippen LogP contribution in [0.5, 0.6) is 0 Å². The second-order valence-corrected chi connectivity index (χ2v) is 7.67. The van der Waals surface area contributed by atoms with Gasteiger partial charge in [-0.1, -0.05) is 31.2 Å². The van der Waals surface area contributed by atoms with Crippen LogP contribution in [0.3, 0.4) is 0 Å². The summed E-state index contributed by atoms with van der Waals surface area (Å²) < 4.78 is 0. The third-order valence-electron chi connectivity index (χ3n) is 4.96. The fourth-order valence-corrected chi connectivity index (χ4v) is 4.73. The topological polar surface area (TPSA) is 23.6 Å². The second-order valence-electron chi connectivity index (χ2n) is 6.60. The van der Waals surface area contributed by atoms with Gasteiger partial charge in [-0.05, 0) is 62.9 Å². The second kappa shape index (κ2) is 8.20. The number of hydrogen-bond donors (Lipinski definition) is 0. The molecule has 2 saturated heterocycles. The van der Waals surface area contributed by atoms with E-state index in [-0.39, 0.29) is 5.37 Å². The highest BCUT2D eigenvalue weighted by molar-refractivity contribution is 8.00. The van der Waals surface area contributed by atoms with Gasteiger partial charge in [0.2, 0.25) is 5.91 Å². The largest absolute Gasteiger partial charge is 0.326 e. The van der Waals surface area contributed by atoms with Crippen LogP contribution in [-0.4, -0.2) is 47.6 Å². The lowest BCUT2D eigenvalue weighted by Gasteiger charge is -2.25. The summed E-state index contributed by atoms with van der Waals surface area (Å²) in [7, 11) is 0. The highest BCUT2D eigenvalue weighted by atomic mass is 32.2. The maximum absolute atomic E-state index is 12.2. The number of aryl methyl sites for hydroxylation is 1. The highest BCUT2D eigenvalue weighted by Crippen LogP contribution is 2.38. The number of thioether (sulfide) groups is 1. The van der Waals surface area contributed by atoms with E-state index in [9.17, 15) is 4.79 Å². The Morgan fingerprint density at radius 2 is 1.78 bits per heavy atom. The van der Waals surface area contributed by atoms with Gasteiger partial charge in [0.05, 0.1) is 5.75 Å². The van der Waals surface area contributed by atoms with Crippen LogP contribution in [-0.2, 0) is 11.2 Å². The van der Waals surface area contributed by atoms with Crippen LogP contribution >= 0.6 is 11.8 Å². The molecular formula is C19H28N2OS. The molecule has 1 aromatic rings. The van der Waals surface area contributed by atoms with Gasteiger partial charge in [0.25, 0.3) is 0 Å². The van der Waals surface area contributed by atoms with Crippen molar-refractivity contribution in [2.75, 3.05) is 31.9 Å². The van der Waals surface area contributed by atoms with E-state index >= 15 is 0 Å². The van der Waals surface area contributed by atoms with Gasteiger partial charge >= 0.3 is 0 Å². The maximum atomic E-state index is 12.2. The molecule has 23 heavy (non-hydrogen) atoms. The zero-order chi connectivity index (χ0) is 16.1. The van der Waals surface area contributed by atoms with E-state index in [1.807, 2.05) is 0 Å². The Kier molecular flexibility index (Phi) is 6.01. The predicted octanol–water partition coefficient (Wildman–Crippen LogP) is 3.70. The monoisotopic (exact) mass is 332 g/mol. The lowest BCUT2D eigenvalue weighted by Crippen LogP contribution is -2.30. The van der Waals surface area contributed by atoms with Crippen molar-refractivity contribution in [2.45, 2.75) is 44.4 Å². The minimum absolute atomic E-state index is 0.222. The van der Waals surface area contributed by atoms with E-state index < -0.39 is 0 Å². The number of carbonyl (C=O) groups excluding carboxylic acids is 1. The molecule has 0 bridgehead atoms. The van der Waals surface area contributed by atoms with E-state index in [0.717, 1.165) is 19.4 Å². The molecule has 4 heteroatoms. The summed E-state index contributed by atoms with van der Waals surface area (Å²) >= 11 is 1.77. The minimum atomic E-state index is 0.222. The Morgan fingerprint density at radius 3 is 2.48 bits per heavy atom. The fourth-order valence-electron chi connectivity index (χ4n) is 3.51. The van der Waals surface area contributed by atoms with Gasteiger partial charge in [-0.15, -0.1) is 11.8 Å². The summed E-state index contributed by atoms with van der Waals surface area (Å²) in [6.07, 6.45) is 6.10. The number of rotatable bonds is 7. The van der Waals surface area contributed by atoms with E-state index in [4.69, 9.17) is 0 Å². The van der Waals surface area contributed by atoms with Gasteiger partial charge in [-0.3, -0.25) is 4.79 Å². The Morgan fingerprint density at radius 1 is 1.09 bits per heavy atom. The third-order valence-corrected chi connectivity index (χ3v) is 6.22. The number of likely N-dealkylation sites (tertiary alicyclic amines) is 1. The van der Waals surface area contributed by atoms with Crippen LogP contribution in [0.15, 0.2) is 24.3 Å². The summed E-state index contributed by atoms with van der Waals surface area (Å²) in [4.78, 5) is 16.9. The molecule has 126 valence electrons. The lowest BCUT2D eigenvalue weighted by molar-refractivity contribution is -0.128. The van der Waals surface area contributed by atoms with Crippen molar-refractivity contribution in [2.24, 2.45) is 0 Å². The van der Waals surface area contributed by atoms with Gasteiger partial charge in [-0.2, -0.15) is 0 Å². The average molecular weight is 333 g/mol. The van der Waals surface area contributed by atoms with Crippen molar-refractivity contribution in [1.82, 2.24) is 9.80 Å². The molecule has 2 fully saturated rings. The molecule has 0 N–H and O–H groups in total. The van der Waals surface area contributed by atoms with Crippen molar-refractivity contribution < 1.29 is 4.79 Å². The number of hydrogen-bond acceptors (Lipinski definition) is 3. The van der Waals surface area contributed by atoms with Gasteiger partial charge in [0.1, 0.15) is 5.37 Å². The number of amides is 1. The predicted molar refractivity (Wildman–Crippen MR) is 97.6 cm³/mol. The molecule has 1 unspecified atom stereocenters. The summed E-state index contributed by atoms with van der Waals surface area (Å²) in [6, 6.07) is 8.80.